The average molecular weight is 263 g/mol. The Labute approximate surface area is 111 Å². The molecule has 1 aliphatic carbocycles. The Bertz CT molecular complexity index is 502. The van der Waals surface area contributed by atoms with Crippen molar-refractivity contribution in [3.8, 4) is 0 Å². The van der Waals surface area contributed by atoms with Gasteiger partial charge in [0.25, 0.3) is 0 Å². The summed E-state index contributed by atoms with van der Waals surface area (Å²) in [5.41, 5.74) is 0.815. The molecule has 102 valence electrons. The second kappa shape index (κ2) is 4.86. The zero-order valence-corrected chi connectivity index (χ0v) is 10.6. The molecule has 1 aliphatic heterocycles. The Morgan fingerprint density at radius 1 is 1.37 bits per heavy atom. The number of hydrogen-bond acceptors (Lipinski definition) is 5. The number of aliphatic hydroxyl groups excluding tert-OH is 1. The van der Waals surface area contributed by atoms with Gasteiger partial charge in [0.05, 0.1) is 11.8 Å². The Balaban J connectivity index is 1.81. The molecule has 3 rings (SSSR count). The van der Waals surface area contributed by atoms with Gasteiger partial charge in [-0.3, -0.25) is 4.90 Å². The van der Waals surface area contributed by atoms with Crippen LogP contribution in [0.2, 0.25) is 0 Å². The molecule has 6 heteroatoms. The molecule has 19 heavy (non-hydrogen) atoms. The van der Waals surface area contributed by atoms with E-state index in [1.807, 2.05) is 0 Å². The van der Waals surface area contributed by atoms with Gasteiger partial charge in [-0.05, 0) is 25.3 Å². The molecule has 2 aliphatic rings. The van der Waals surface area contributed by atoms with Crippen LogP contribution in [0.1, 0.15) is 47.2 Å². The number of hydrogen-bond donors (Lipinski definition) is 2. The highest BCUT2D eigenvalue weighted by atomic mass is 16.4. The first-order valence-corrected chi connectivity index (χ1v) is 6.63. The number of rotatable bonds is 4. The SMILES string of the molecule is O=C(O)c1cc(CN2CC[C@H](O)C2)nc(C2CC2)n1. The van der Waals surface area contributed by atoms with Crippen LogP contribution in [-0.4, -0.2) is 50.2 Å². The van der Waals surface area contributed by atoms with Gasteiger partial charge < -0.3 is 10.2 Å². The third kappa shape index (κ3) is 2.90. The minimum atomic E-state index is -1.01. The van der Waals surface area contributed by atoms with Crippen molar-refractivity contribution in [2.24, 2.45) is 0 Å². The van der Waals surface area contributed by atoms with Gasteiger partial charge in [0.2, 0.25) is 0 Å². The quantitative estimate of drug-likeness (QED) is 0.828. The van der Waals surface area contributed by atoms with Crippen LogP contribution in [0.5, 0.6) is 0 Å². The third-order valence-corrected chi connectivity index (χ3v) is 3.59. The molecule has 0 aromatic carbocycles. The molecule has 0 radical (unpaired) electrons. The highest BCUT2D eigenvalue weighted by molar-refractivity contribution is 5.85. The first-order valence-electron chi connectivity index (χ1n) is 6.63. The number of β-amino-alcohol motifs (C(OH)–C–C–N with tert-alkyl or cyclic N) is 1. The molecule has 1 saturated heterocycles. The molecule has 0 spiro atoms. The number of carboxylic acids is 1. The molecule has 2 heterocycles. The topological polar surface area (TPSA) is 86.5 Å². The molecule has 1 atom stereocenters. The molecule has 6 nitrogen and oxygen atoms in total. The van der Waals surface area contributed by atoms with E-state index in [4.69, 9.17) is 5.11 Å². The Kier molecular flexibility index (Phi) is 3.20. The highest BCUT2D eigenvalue weighted by Crippen LogP contribution is 2.38. The van der Waals surface area contributed by atoms with Gasteiger partial charge >= 0.3 is 5.97 Å². The van der Waals surface area contributed by atoms with E-state index in [9.17, 15) is 9.90 Å². The lowest BCUT2D eigenvalue weighted by Crippen LogP contribution is -2.23. The maximum atomic E-state index is 11.1. The minimum absolute atomic E-state index is 0.0756. The van der Waals surface area contributed by atoms with Gasteiger partial charge in [0.1, 0.15) is 5.82 Å². The number of carboxylic acid groups (broad SMARTS) is 1. The van der Waals surface area contributed by atoms with E-state index in [-0.39, 0.29) is 11.8 Å². The number of aromatic carboxylic acids is 1. The summed E-state index contributed by atoms with van der Waals surface area (Å²) in [6.45, 7) is 2.04. The fourth-order valence-electron chi connectivity index (χ4n) is 2.42. The summed E-state index contributed by atoms with van der Waals surface area (Å²) >= 11 is 0. The van der Waals surface area contributed by atoms with E-state index in [1.54, 1.807) is 6.07 Å². The van der Waals surface area contributed by atoms with E-state index >= 15 is 0 Å². The van der Waals surface area contributed by atoms with Crippen LogP contribution in [-0.2, 0) is 6.54 Å². The number of carbonyl (C=O) groups is 1. The van der Waals surface area contributed by atoms with E-state index < -0.39 is 5.97 Å². The average Bonchev–Trinajstić information content (AvgIpc) is 3.14. The second-order valence-corrected chi connectivity index (χ2v) is 5.36. The van der Waals surface area contributed by atoms with Crippen LogP contribution >= 0.6 is 0 Å². The van der Waals surface area contributed by atoms with Crippen LogP contribution in [0.3, 0.4) is 0 Å². The van der Waals surface area contributed by atoms with Gasteiger partial charge in [0.15, 0.2) is 5.69 Å². The largest absolute Gasteiger partial charge is 0.477 e. The van der Waals surface area contributed by atoms with Crippen molar-refractivity contribution in [3.63, 3.8) is 0 Å². The third-order valence-electron chi connectivity index (χ3n) is 3.59. The molecule has 0 amide bonds. The molecule has 1 saturated carbocycles. The zero-order chi connectivity index (χ0) is 13.4. The van der Waals surface area contributed by atoms with Crippen LogP contribution in [0, 0.1) is 0 Å². The summed E-state index contributed by atoms with van der Waals surface area (Å²) in [7, 11) is 0. The smallest absolute Gasteiger partial charge is 0.354 e. The van der Waals surface area contributed by atoms with Crippen molar-refractivity contribution in [2.45, 2.75) is 37.8 Å². The number of nitrogens with zero attached hydrogens (tertiary/aromatic N) is 3. The maximum absolute atomic E-state index is 11.1. The Morgan fingerprint density at radius 2 is 2.16 bits per heavy atom. The highest BCUT2D eigenvalue weighted by Gasteiger charge is 2.28. The molecule has 0 bridgehead atoms. The van der Waals surface area contributed by atoms with Gasteiger partial charge in [-0.1, -0.05) is 0 Å². The fraction of sp³-hybridized carbons (Fsp3) is 0.615. The van der Waals surface area contributed by atoms with Crippen molar-refractivity contribution in [3.05, 3.63) is 23.3 Å². The predicted molar refractivity (Wildman–Crippen MR) is 66.9 cm³/mol. The lowest BCUT2D eigenvalue weighted by atomic mass is 10.2. The van der Waals surface area contributed by atoms with Crippen molar-refractivity contribution in [1.82, 2.24) is 14.9 Å². The fourth-order valence-corrected chi connectivity index (χ4v) is 2.42. The van der Waals surface area contributed by atoms with Gasteiger partial charge in [-0.15, -0.1) is 0 Å². The van der Waals surface area contributed by atoms with Crippen molar-refractivity contribution >= 4 is 5.97 Å². The summed E-state index contributed by atoms with van der Waals surface area (Å²) in [6.07, 6.45) is 2.59. The van der Waals surface area contributed by atoms with Crippen molar-refractivity contribution < 1.29 is 15.0 Å². The Morgan fingerprint density at radius 3 is 2.74 bits per heavy atom. The molecule has 2 fully saturated rings. The van der Waals surface area contributed by atoms with Crippen LogP contribution in [0.15, 0.2) is 6.07 Å². The monoisotopic (exact) mass is 263 g/mol. The number of likely N-dealkylation sites (tertiary alicyclic amines) is 1. The van der Waals surface area contributed by atoms with Crippen molar-refractivity contribution in [1.29, 1.82) is 0 Å². The van der Waals surface area contributed by atoms with E-state index in [0.29, 0.717) is 24.8 Å². The summed E-state index contributed by atoms with van der Waals surface area (Å²) in [5.74, 6) is -0.0103. The molecule has 1 aromatic heterocycles. The van der Waals surface area contributed by atoms with Crippen LogP contribution in [0.25, 0.3) is 0 Å². The summed E-state index contributed by atoms with van der Waals surface area (Å²) in [4.78, 5) is 21.8. The van der Waals surface area contributed by atoms with Gasteiger partial charge in [-0.2, -0.15) is 0 Å². The summed E-state index contributed by atoms with van der Waals surface area (Å²) in [6, 6.07) is 1.54. The summed E-state index contributed by atoms with van der Waals surface area (Å²) in [5, 5.41) is 18.6. The standard InChI is InChI=1S/C13H17N3O3/c17-10-3-4-16(7-10)6-9-5-11(13(18)19)15-12(14-9)8-1-2-8/h5,8,10,17H,1-4,6-7H2,(H,18,19)/t10-/m0/s1. The first kappa shape index (κ1) is 12.5. The lowest BCUT2D eigenvalue weighted by Gasteiger charge is -2.15. The van der Waals surface area contributed by atoms with Crippen molar-refractivity contribution in [2.75, 3.05) is 13.1 Å². The van der Waals surface area contributed by atoms with E-state index in [2.05, 4.69) is 14.9 Å². The molecule has 0 unspecified atom stereocenters. The van der Waals surface area contributed by atoms with Gasteiger partial charge in [-0.25, -0.2) is 14.8 Å². The van der Waals surface area contributed by atoms with E-state index in [0.717, 1.165) is 31.5 Å². The van der Waals surface area contributed by atoms with Gasteiger partial charge in [0, 0.05) is 25.6 Å². The minimum Gasteiger partial charge on any atom is -0.477 e. The Hall–Kier alpha value is -1.53. The van der Waals surface area contributed by atoms with Crippen LogP contribution < -0.4 is 0 Å². The molecular weight excluding hydrogens is 246 g/mol. The predicted octanol–water partition coefficient (Wildman–Crippen LogP) is 0.619. The molecular formula is C13H17N3O3. The number of aliphatic hydroxyl groups is 1. The second-order valence-electron chi connectivity index (χ2n) is 5.36. The number of aromatic nitrogens is 2. The lowest BCUT2D eigenvalue weighted by molar-refractivity contribution is 0.0689. The zero-order valence-electron chi connectivity index (χ0n) is 10.6. The first-order chi connectivity index (χ1) is 9.11. The molecule has 2 N–H and O–H groups in total. The summed E-state index contributed by atoms with van der Waals surface area (Å²) < 4.78 is 0. The molecule has 1 aromatic rings. The van der Waals surface area contributed by atoms with E-state index in [1.165, 1.54) is 0 Å². The van der Waals surface area contributed by atoms with Crippen LogP contribution in [0.4, 0.5) is 0 Å². The normalized spacial score (nSPS) is 23.7. The maximum Gasteiger partial charge on any atom is 0.354 e.